The molecule has 2 aliphatic rings. The predicted molar refractivity (Wildman–Crippen MR) is 87.6 cm³/mol. The molecule has 0 unspecified atom stereocenters. The van der Waals surface area contributed by atoms with Crippen LogP contribution in [0.15, 0.2) is 36.5 Å². The maximum atomic E-state index is 10.0. The third-order valence-electron chi connectivity index (χ3n) is 4.78. The predicted octanol–water partition coefficient (Wildman–Crippen LogP) is 2.79. The van der Waals surface area contributed by atoms with E-state index < -0.39 is 0 Å². The number of aryl methyl sites for hydroxylation is 2. The molecule has 120 valence electrons. The summed E-state index contributed by atoms with van der Waals surface area (Å²) in [5.74, 6) is 2.26. The van der Waals surface area contributed by atoms with Crippen molar-refractivity contribution in [1.82, 2.24) is 0 Å². The molecule has 0 amide bonds. The van der Waals surface area contributed by atoms with Gasteiger partial charge in [-0.1, -0.05) is 0 Å². The van der Waals surface area contributed by atoms with Crippen LogP contribution >= 0.6 is 0 Å². The molecular formula is C19H16NO4+. The normalized spacial score (nSPS) is 14.4. The highest BCUT2D eigenvalue weighted by Crippen LogP contribution is 2.39. The van der Waals surface area contributed by atoms with Gasteiger partial charge in [0.1, 0.15) is 0 Å². The standard InChI is InChI=1S/C19H15NO4/c1-22-17-8-14-11(5-16(17)21)2-3-20-9-13-7-19-18(23-10-24-19)6-12(13)4-15(14)20/h4-9H,2-3,10H2,1H3/p+1. The van der Waals surface area contributed by atoms with Gasteiger partial charge in [0.25, 0.3) is 0 Å². The van der Waals surface area contributed by atoms with Crippen molar-refractivity contribution in [2.75, 3.05) is 13.9 Å². The van der Waals surface area contributed by atoms with E-state index in [1.807, 2.05) is 24.3 Å². The van der Waals surface area contributed by atoms with Crippen LogP contribution in [0.3, 0.4) is 0 Å². The Bertz CT molecular complexity index is 997. The highest BCUT2D eigenvalue weighted by molar-refractivity contribution is 5.88. The summed E-state index contributed by atoms with van der Waals surface area (Å²) in [6, 6.07) is 9.92. The number of benzene rings is 2. The molecule has 0 aliphatic carbocycles. The van der Waals surface area contributed by atoms with Gasteiger partial charge >= 0.3 is 0 Å². The molecular weight excluding hydrogens is 306 g/mol. The first-order valence-electron chi connectivity index (χ1n) is 7.90. The second-order valence-corrected chi connectivity index (χ2v) is 6.12. The van der Waals surface area contributed by atoms with E-state index in [2.05, 4.69) is 16.8 Å². The Morgan fingerprint density at radius 3 is 2.62 bits per heavy atom. The van der Waals surface area contributed by atoms with Gasteiger partial charge < -0.3 is 19.3 Å². The van der Waals surface area contributed by atoms with E-state index in [4.69, 9.17) is 14.2 Å². The molecule has 3 aromatic rings. The number of hydrogen-bond donors (Lipinski definition) is 1. The van der Waals surface area contributed by atoms with Gasteiger partial charge in [-0.05, 0) is 35.2 Å². The number of aromatic nitrogens is 1. The van der Waals surface area contributed by atoms with Crippen LogP contribution in [0.4, 0.5) is 0 Å². The lowest BCUT2D eigenvalue weighted by molar-refractivity contribution is -0.686. The summed E-state index contributed by atoms with van der Waals surface area (Å²) < 4.78 is 18.5. The summed E-state index contributed by atoms with van der Waals surface area (Å²) in [5, 5.41) is 12.3. The quantitative estimate of drug-likeness (QED) is 0.700. The number of aromatic hydroxyl groups is 1. The molecule has 1 N–H and O–H groups in total. The highest BCUT2D eigenvalue weighted by Gasteiger charge is 2.26. The van der Waals surface area contributed by atoms with Crippen molar-refractivity contribution in [2.24, 2.45) is 0 Å². The minimum absolute atomic E-state index is 0.189. The average Bonchev–Trinajstić information content (AvgIpc) is 3.04. The SMILES string of the molecule is COc1cc2c(cc1O)CC[n+]1cc3cc4c(cc3cc1-2)OCO4. The Kier molecular flexibility index (Phi) is 2.68. The van der Waals surface area contributed by atoms with Crippen molar-refractivity contribution in [3.63, 3.8) is 0 Å². The number of nitrogens with zero attached hydrogens (tertiary/aromatic N) is 1. The lowest BCUT2D eigenvalue weighted by atomic mass is 9.95. The van der Waals surface area contributed by atoms with Gasteiger partial charge in [-0.3, -0.25) is 0 Å². The molecule has 5 nitrogen and oxygen atoms in total. The van der Waals surface area contributed by atoms with Crippen molar-refractivity contribution in [1.29, 1.82) is 0 Å². The number of fused-ring (bicyclic) bond motifs is 5. The first kappa shape index (κ1) is 13.5. The highest BCUT2D eigenvalue weighted by atomic mass is 16.7. The first-order chi connectivity index (χ1) is 11.7. The third-order valence-corrected chi connectivity index (χ3v) is 4.78. The molecule has 24 heavy (non-hydrogen) atoms. The third kappa shape index (κ3) is 1.84. The molecule has 0 fully saturated rings. The zero-order valence-electron chi connectivity index (χ0n) is 13.2. The molecule has 1 aromatic heterocycles. The lowest BCUT2D eigenvalue weighted by Gasteiger charge is -2.17. The Morgan fingerprint density at radius 2 is 1.83 bits per heavy atom. The van der Waals surface area contributed by atoms with E-state index in [0.717, 1.165) is 52.1 Å². The number of ether oxygens (including phenoxy) is 3. The summed E-state index contributed by atoms with van der Waals surface area (Å²) >= 11 is 0. The summed E-state index contributed by atoms with van der Waals surface area (Å²) in [7, 11) is 1.57. The lowest BCUT2D eigenvalue weighted by Crippen LogP contribution is -2.39. The molecule has 0 saturated heterocycles. The van der Waals surface area contributed by atoms with Crippen molar-refractivity contribution in [2.45, 2.75) is 13.0 Å². The maximum Gasteiger partial charge on any atom is 0.231 e. The minimum Gasteiger partial charge on any atom is -0.504 e. The van der Waals surface area contributed by atoms with E-state index >= 15 is 0 Å². The smallest absolute Gasteiger partial charge is 0.231 e. The minimum atomic E-state index is 0.189. The molecule has 0 atom stereocenters. The van der Waals surface area contributed by atoms with Gasteiger partial charge in [0.2, 0.25) is 12.5 Å². The molecule has 5 rings (SSSR count). The van der Waals surface area contributed by atoms with Gasteiger partial charge in [-0.25, -0.2) is 0 Å². The van der Waals surface area contributed by atoms with Crippen LogP contribution < -0.4 is 18.8 Å². The monoisotopic (exact) mass is 322 g/mol. The Balaban J connectivity index is 1.76. The second kappa shape index (κ2) is 4.77. The average molecular weight is 322 g/mol. The molecule has 2 aromatic carbocycles. The number of hydrogen-bond acceptors (Lipinski definition) is 4. The van der Waals surface area contributed by atoms with Crippen molar-refractivity contribution in [3.05, 3.63) is 42.1 Å². The van der Waals surface area contributed by atoms with Crippen molar-refractivity contribution in [3.8, 4) is 34.3 Å². The number of methoxy groups -OCH3 is 1. The summed E-state index contributed by atoms with van der Waals surface area (Å²) in [4.78, 5) is 0. The first-order valence-corrected chi connectivity index (χ1v) is 7.90. The molecule has 0 radical (unpaired) electrons. The van der Waals surface area contributed by atoms with Gasteiger partial charge in [-0.15, -0.1) is 0 Å². The summed E-state index contributed by atoms with van der Waals surface area (Å²) in [6.45, 7) is 1.15. The molecule has 5 heteroatoms. The van der Waals surface area contributed by atoms with E-state index in [1.165, 1.54) is 0 Å². The molecule has 3 heterocycles. The van der Waals surface area contributed by atoms with E-state index in [0.29, 0.717) is 5.75 Å². The van der Waals surface area contributed by atoms with Crippen LogP contribution in [-0.4, -0.2) is 19.0 Å². The molecule has 0 bridgehead atoms. The maximum absolute atomic E-state index is 10.0. The van der Waals surface area contributed by atoms with Gasteiger partial charge in [0.05, 0.1) is 12.7 Å². The van der Waals surface area contributed by atoms with Crippen LogP contribution in [0.2, 0.25) is 0 Å². The van der Waals surface area contributed by atoms with Crippen molar-refractivity contribution < 1.29 is 23.9 Å². The van der Waals surface area contributed by atoms with Crippen LogP contribution in [0.1, 0.15) is 5.56 Å². The topological polar surface area (TPSA) is 51.8 Å². The Labute approximate surface area is 138 Å². The fourth-order valence-electron chi connectivity index (χ4n) is 3.56. The molecule has 0 saturated carbocycles. The van der Waals surface area contributed by atoms with E-state index in [9.17, 15) is 5.11 Å². The van der Waals surface area contributed by atoms with E-state index in [-0.39, 0.29) is 12.5 Å². The van der Waals surface area contributed by atoms with E-state index in [1.54, 1.807) is 7.11 Å². The number of phenols is 1. The van der Waals surface area contributed by atoms with Crippen LogP contribution in [0, 0.1) is 0 Å². The zero-order valence-corrected chi connectivity index (χ0v) is 13.2. The molecule has 2 aliphatic heterocycles. The van der Waals surface area contributed by atoms with Crippen LogP contribution in [-0.2, 0) is 13.0 Å². The second-order valence-electron chi connectivity index (χ2n) is 6.12. The molecule has 0 spiro atoms. The van der Waals surface area contributed by atoms with Gasteiger partial charge in [0.15, 0.2) is 35.7 Å². The van der Waals surface area contributed by atoms with Crippen molar-refractivity contribution >= 4 is 10.8 Å². The number of pyridine rings is 1. The fraction of sp³-hybridized carbons (Fsp3) is 0.211. The largest absolute Gasteiger partial charge is 0.504 e. The number of rotatable bonds is 1. The van der Waals surface area contributed by atoms with Gasteiger partial charge in [0, 0.05) is 17.9 Å². The van der Waals surface area contributed by atoms with Gasteiger partial charge in [-0.2, -0.15) is 4.57 Å². The van der Waals surface area contributed by atoms with Crippen LogP contribution in [0.5, 0.6) is 23.0 Å². The Hall–Kier alpha value is -2.95. The number of phenolic OH excluding ortho intramolecular Hbond substituents is 1. The fourth-order valence-corrected chi connectivity index (χ4v) is 3.56. The van der Waals surface area contributed by atoms with Crippen LogP contribution in [0.25, 0.3) is 22.0 Å². The zero-order chi connectivity index (χ0) is 16.3. The summed E-state index contributed by atoms with van der Waals surface area (Å²) in [5.41, 5.74) is 3.34. The Morgan fingerprint density at radius 1 is 1.04 bits per heavy atom. The summed E-state index contributed by atoms with van der Waals surface area (Å²) in [6.07, 6.45) is 3.02.